The summed E-state index contributed by atoms with van der Waals surface area (Å²) in [5.41, 5.74) is 1.42. The van der Waals surface area contributed by atoms with Gasteiger partial charge in [-0.15, -0.1) is 10.2 Å². The summed E-state index contributed by atoms with van der Waals surface area (Å²) >= 11 is 0. The van der Waals surface area contributed by atoms with Crippen LogP contribution < -0.4 is 0 Å². The number of aromatic hydroxyl groups is 2. The number of rotatable bonds is 11. The van der Waals surface area contributed by atoms with Crippen molar-refractivity contribution in [3.63, 3.8) is 0 Å². The average molecular weight is 518 g/mol. The zero-order chi connectivity index (χ0) is 26.3. The minimum Gasteiger partial charge on any atom is -0.506 e. The molecule has 37 heavy (non-hydrogen) atoms. The van der Waals surface area contributed by atoms with E-state index in [1.54, 1.807) is 6.07 Å². The summed E-state index contributed by atoms with van der Waals surface area (Å²) < 4.78 is 28.7. The van der Waals surface area contributed by atoms with Gasteiger partial charge in [-0.05, 0) is 54.5 Å². The largest absolute Gasteiger partial charge is 0.506 e. The van der Waals surface area contributed by atoms with E-state index in [2.05, 4.69) is 10.2 Å². The Morgan fingerprint density at radius 1 is 0.784 bits per heavy atom. The van der Waals surface area contributed by atoms with Gasteiger partial charge in [-0.2, -0.15) is 4.31 Å². The first-order chi connectivity index (χ1) is 17.9. The molecule has 0 amide bonds. The van der Waals surface area contributed by atoms with Crippen LogP contribution in [0.25, 0.3) is 10.8 Å². The molecule has 0 bridgehead atoms. The summed E-state index contributed by atoms with van der Waals surface area (Å²) in [6.45, 7) is 2.82. The Balaban J connectivity index is 1.60. The van der Waals surface area contributed by atoms with Crippen molar-refractivity contribution in [2.75, 3.05) is 13.1 Å². The first kappa shape index (κ1) is 26.3. The number of unbranched alkanes of at least 4 members (excludes halogenated alkanes) is 1. The van der Waals surface area contributed by atoms with Gasteiger partial charge in [0.25, 0.3) is 0 Å². The summed E-state index contributed by atoms with van der Waals surface area (Å²) in [6.07, 6.45) is 3.09. The predicted molar refractivity (Wildman–Crippen MR) is 146 cm³/mol. The quantitative estimate of drug-likeness (QED) is 0.207. The van der Waals surface area contributed by atoms with Crippen molar-refractivity contribution < 1.29 is 18.6 Å². The standard InChI is InChI=1S/C29H31N3O4S/c1-2-3-19-32(20-9-12-22-10-5-4-6-11-22)37(35,36)24-16-18-27(33)26(21-24)30-31-29-25-14-8-7-13-23(25)15-17-28(29)34/h4-8,10-11,13-18,21,33-34H,2-3,9,12,19-20H2,1H3. The highest BCUT2D eigenvalue weighted by molar-refractivity contribution is 7.89. The SMILES string of the molecule is CCCCN(CCCc1ccccc1)S(=O)(=O)c1ccc(O)c(N=Nc2c(O)ccc3ccccc23)c1. The van der Waals surface area contributed by atoms with Gasteiger partial charge < -0.3 is 10.2 Å². The lowest BCUT2D eigenvalue weighted by molar-refractivity contribution is 0.396. The van der Waals surface area contributed by atoms with Crippen molar-refractivity contribution in [1.82, 2.24) is 4.31 Å². The number of nitrogens with zero attached hydrogens (tertiary/aromatic N) is 3. The van der Waals surface area contributed by atoms with Crippen molar-refractivity contribution >= 4 is 32.2 Å². The Hall–Kier alpha value is -3.75. The highest BCUT2D eigenvalue weighted by atomic mass is 32.2. The summed E-state index contributed by atoms with van der Waals surface area (Å²) in [5.74, 6) is -0.263. The molecule has 7 nitrogen and oxygen atoms in total. The van der Waals surface area contributed by atoms with Crippen molar-refractivity contribution in [2.45, 2.75) is 37.5 Å². The molecule has 4 aromatic rings. The van der Waals surface area contributed by atoms with Crippen LogP contribution in [0.3, 0.4) is 0 Å². The molecule has 0 aliphatic heterocycles. The normalized spacial score (nSPS) is 12.1. The summed E-state index contributed by atoms with van der Waals surface area (Å²) in [5, 5.41) is 30.6. The molecule has 0 spiro atoms. The molecule has 8 heteroatoms. The molecule has 4 rings (SSSR count). The van der Waals surface area contributed by atoms with Crippen molar-refractivity contribution in [3.8, 4) is 11.5 Å². The number of hydrogen-bond donors (Lipinski definition) is 2. The smallest absolute Gasteiger partial charge is 0.243 e. The van der Waals surface area contributed by atoms with E-state index in [4.69, 9.17) is 0 Å². The molecule has 0 unspecified atom stereocenters. The Morgan fingerprint density at radius 2 is 1.49 bits per heavy atom. The zero-order valence-electron chi connectivity index (χ0n) is 20.8. The summed E-state index contributed by atoms with van der Waals surface area (Å²) in [4.78, 5) is 0.0391. The van der Waals surface area contributed by atoms with Gasteiger partial charge in [0.05, 0.1) is 4.90 Å². The second kappa shape index (κ2) is 12.0. The third-order valence-electron chi connectivity index (χ3n) is 6.20. The maximum absolute atomic E-state index is 13.6. The fourth-order valence-electron chi connectivity index (χ4n) is 4.14. The predicted octanol–water partition coefficient (Wildman–Crippen LogP) is 7.09. The molecule has 0 atom stereocenters. The van der Waals surface area contributed by atoms with Crippen LogP contribution in [0.2, 0.25) is 0 Å². The van der Waals surface area contributed by atoms with Gasteiger partial charge in [-0.25, -0.2) is 8.42 Å². The van der Waals surface area contributed by atoms with Gasteiger partial charge in [0.2, 0.25) is 10.0 Å². The van der Waals surface area contributed by atoms with Crippen molar-refractivity contribution in [2.24, 2.45) is 10.2 Å². The molecule has 0 aliphatic carbocycles. The molecular weight excluding hydrogens is 486 g/mol. The van der Waals surface area contributed by atoms with Gasteiger partial charge >= 0.3 is 0 Å². The van der Waals surface area contributed by atoms with E-state index in [0.29, 0.717) is 24.9 Å². The van der Waals surface area contributed by atoms with E-state index in [1.807, 2.05) is 61.5 Å². The van der Waals surface area contributed by atoms with E-state index < -0.39 is 10.0 Å². The first-order valence-electron chi connectivity index (χ1n) is 12.4. The highest BCUT2D eigenvalue weighted by Gasteiger charge is 2.25. The number of benzene rings is 4. The van der Waals surface area contributed by atoms with Crippen molar-refractivity contribution in [3.05, 3.63) is 90.5 Å². The number of sulfonamides is 1. The second-order valence-electron chi connectivity index (χ2n) is 8.85. The maximum Gasteiger partial charge on any atom is 0.243 e. The van der Waals surface area contributed by atoms with Gasteiger partial charge in [0.1, 0.15) is 22.9 Å². The third-order valence-corrected chi connectivity index (χ3v) is 8.09. The Labute approximate surface area is 217 Å². The maximum atomic E-state index is 13.6. The van der Waals surface area contributed by atoms with Gasteiger partial charge in [0, 0.05) is 18.5 Å². The average Bonchev–Trinajstić information content (AvgIpc) is 2.91. The minimum absolute atomic E-state index is 0.00753. The Morgan fingerprint density at radius 3 is 2.27 bits per heavy atom. The molecule has 0 heterocycles. The lowest BCUT2D eigenvalue weighted by Crippen LogP contribution is -2.33. The molecule has 0 fully saturated rings. The van der Waals surface area contributed by atoms with E-state index >= 15 is 0 Å². The van der Waals surface area contributed by atoms with Gasteiger partial charge in [-0.3, -0.25) is 0 Å². The molecule has 0 radical (unpaired) electrons. The summed E-state index contributed by atoms with van der Waals surface area (Å²) in [7, 11) is -3.82. The lowest BCUT2D eigenvalue weighted by atomic mass is 10.1. The van der Waals surface area contributed by atoms with Crippen LogP contribution in [-0.4, -0.2) is 36.0 Å². The van der Waals surface area contributed by atoms with E-state index in [9.17, 15) is 18.6 Å². The number of hydrogen-bond acceptors (Lipinski definition) is 6. The topological polar surface area (TPSA) is 103 Å². The molecule has 0 saturated carbocycles. The van der Waals surface area contributed by atoms with E-state index in [-0.39, 0.29) is 27.8 Å². The highest BCUT2D eigenvalue weighted by Crippen LogP contribution is 2.38. The van der Waals surface area contributed by atoms with Crippen LogP contribution in [0.4, 0.5) is 11.4 Å². The van der Waals surface area contributed by atoms with E-state index in [1.165, 1.54) is 34.1 Å². The number of aryl methyl sites for hydroxylation is 1. The Bertz CT molecular complexity index is 1490. The molecule has 4 aromatic carbocycles. The second-order valence-corrected chi connectivity index (χ2v) is 10.8. The first-order valence-corrected chi connectivity index (χ1v) is 13.8. The van der Waals surface area contributed by atoms with Crippen molar-refractivity contribution in [1.29, 1.82) is 0 Å². The molecule has 192 valence electrons. The fraction of sp³-hybridized carbons (Fsp3) is 0.241. The van der Waals surface area contributed by atoms with Crippen LogP contribution in [0, 0.1) is 0 Å². The van der Waals surface area contributed by atoms with Gasteiger partial charge in [0.15, 0.2) is 0 Å². The molecule has 0 saturated heterocycles. The van der Waals surface area contributed by atoms with Crippen LogP contribution in [0.15, 0.2) is 100 Å². The lowest BCUT2D eigenvalue weighted by Gasteiger charge is -2.22. The number of phenols is 2. The fourth-order valence-corrected chi connectivity index (χ4v) is 5.67. The van der Waals surface area contributed by atoms with Crippen LogP contribution in [-0.2, 0) is 16.4 Å². The monoisotopic (exact) mass is 517 g/mol. The van der Waals surface area contributed by atoms with E-state index in [0.717, 1.165) is 24.6 Å². The molecular formula is C29H31N3O4S. The van der Waals surface area contributed by atoms with Crippen LogP contribution in [0.5, 0.6) is 11.5 Å². The number of phenolic OH excluding ortho intramolecular Hbond substituents is 2. The number of azo groups is 1. The minimum atomic E-state index is -3.82. The van der Waals surface area contributed by atoms with Gasteiger partial charge in [-0.1, -0.05) is 74.0 Å². The molecule has 0 aromatic heterocycles. The zero-order valence-corrected chi connectivity index (χ0v) is 21.6. The third kappa shape index (κ3) is 6.34. The Kier molecular flexibility index (Phi) is 8.53. The number of fused-ring (bicyclic) bond motifs is 1. The molecule has 0 aliphatic rings. The molecule has 2 N–H and O–H groups in total. The van der Waals surface area contributed by atoms with Crippen LogP contribution in [0.1, 0.15) is 31.7 Å². The van der Waals surface area contributed by atoms with Crippen LogP contribution >= 0.6 is 0 Å². The summed E-state index contributed by atoms with van der Waals surface area (Å²) in [6, 6.07) is 24.7.